The van der Waals surface area contributed by atoms with Crippen LogP contribution in [0.15, 0.2) is 71.2 Å². The fourth-order valence-corrected chi connectivity index (χ4v) is 6.18. The summed E-state index contributed by atoms with van der Waals surface area (Å²) in [5.41, 5.74) is 2.72. The Labute approximate surface area is 220 Å². The van der Waals surface area contributed by atoms with Crippen molar-refractivity contribution in [3.63, 3.8) is 0 Å². The lowest BCUT2D eigenvalue weighted by Gasteiger charge is -2.35. The molecule has 2 aromatic carbocycles. The quantitative estimate of drug-likeness (QED) is 0.377. The highest BCUT2D eigenvalue weighted by Crippen LogP contribution is 2.25. The Morgan fingerprint density at radius 3 is 2.57 bits per heavy atom. The number of nitrogens with one attached hydrogen (secondary N) is 1. The van der Waals surface area contributed by atoms with E-state index in [1.807, 2.05) is 42.8 Å². The highest BCUT2D eigenvalue weighted by Gasteiger charge is 2.31. The summed E-state index contributed by atoms with van der Waals surface area (Å²) >= 11 is 1.19. The SMILES string of the molecule is Cc1ccc2c(ccn2[C@H](C)C(=O)N2CCN(c3ccc(S(=O)(=O)Nc4nccs4)cc3)C(=O)C2)c1.N.[HH]. The number of hydrogen-bond acceptors (Lipinski definition) is 7. The molecule has 0 bridgehead atoms. The second-order valence-electron chi connectivity index (χ2n) is 8.70. The molecular formula is C25H30N6O4S2. The Kier molecular flexibility index (Phi) is 7.35. The minimum absolute atomic E-state index is 0. The minimum atomic E-state index is -3.77. The molecule has 1 saturated heterocycles. The molecule has 1 fully saturated rings. The Balaban J connectivity index is 0.00000200. The normalized spacial score (nSPS) is 14.9. The van der Waals surface area contributed by atoms with Crippen LogP contribution in [-0.4, -0.2) is 54.3 Å². The summed E-state index contributed by atoms with van der Waals surface area (Å²) in [5.74, 6) is -0.331. The van der Waals surface area contributed by atoms with Gasteiger partial charge in [0.1, 0.15) is 12.6 Å². The number of benzene rings is 2. The molecule has 12 heteroatoms. The van der Waals surface area contributed by atoms with Crippen molar-refractivity contribution >= 4 is 54.9 Å². The molecule has 0 unspecified atom stereocenters. The fourth-order valence-electron chi connectivity index (χ4n) is 4.39. The van der Waals surface area contributed by atoms with Gasteiger partial charge in [0, 0.05) is 43.5 Å². The summed E-state index contributed by atoms with van der Waals surface area (Å²) in [6.45, 7) is 4.55. The highest BCUT2D eigenvalue weighted by molar-refractivity contribution is 7.93. The zero-order valence-electron chi connectivity index (χ0n) is 20.5. The molecule has 3 heterocycles. The molecule has 4 aromatic rings. The standard InChI is InChI=1S/C25H25N5O4S2.H3N.H2/c1-17-3-8-22-19(15-17)9-11-29(22)18(2)24(32)28-12-13-30(23(31)16-28)20-4-6-21(7-5-20)36(33,34)27-25-26-10-14-35-25;;/h3-11,14-15,18H,12-13,16H2,1-2H3,(H,26,27);1H3;1H/t18-;;/m1../s1. The van der Waals surface area contributed by atoms with E-state index in [1.165, 1.54) is 29.7 Å². The summed E-state index contributed by atoms with van der Waals surface area (Å²) < 4.78 is 29.5. The first kappa shape index (κ1) is 26.3. The molecule has 1 aliphatic rings. The van der Waals surface area contributed by atoms with E-state index < -0.39 is 16.1 Å². The van der Waals surface area contributed by atoms with Crippen LogP contribution in [0.25, 0.3) is 10.9 Å². The van der Waals surface area contributed by atoms with E-state index in [0.29, 0.717) is 18.8 Å². The van der Waals surface area contributed by atoms with Crippen molar-refractivity contribution in [3.8, 4) is 0 Å². The van der Waals surface area contributed by atoms with E-state index in [-0.39, 0.29) is 36.0 Å². The van der Waals surface area contributed by atoms with Crippen molar-refractivity contribution in [3.05, 3.63) is 71.9 Å². The Bertz CT molecular complexity index is 1540. The fraction of sp³-hybridized carbons (Fsp3) is 0.240. The van der Waals surface area contributed by atoms with Crippen molar-refractivity contribution in [2.45, 2.75) is 24.8 Å². The van der Waals surface area contributed by atoms with Crippen LogP contribution in [0.1, 0.15) is 20.0 Å². The van der Waals surface area contributed by atoms with Crippen LogP contribution in [0.4, 0.5) is 10.8 Å². The summed E-state index contributed by atoms with van der Waals surface area (Å²) in [7, 11) is -3.77. The lowest BCUT2D eigenvalue weighted by molar-refractivity contribution is -0.139. The molecule has 0 saturated carbocycles. The number of aromatic nitrogens is 2. The molecular weight excluding hydrogens is 512 g/mol. The van der Waals surface area contributed by atoms with Gasteiger partial charge in [-0.05, 0) is 61.7 Å². The molecule has 2 amide bonds. The van der Waals surface area contributed by atoms with Gasteiger partial charge < -0.3 is 20.5 Å². The van der Waals surface area contributed by atoms with Gasteiger partial charge in [-0.1, -0.05) is 11.6 Å². The molecule has 0 aliphatic carbocycles. The van der Waals surface area contributed by atoms with Crippen molar-refractivity contribution in [1.29, 1.82) is 0 Å². The maximum absolute atomic E-state index is 13.2. The van der Waals surface area contributed by atoms with E-state index >= 15 is 0 Å². The van der Waals surface area contributed by atoms with Crippen molar-refractivity contribution in [2.75, 3.05) is 29.3 Å². The number of piperazine rings is 1. The van der Waals surface area contributed by atoms with Crippen LogP contribution < -0.4 is 15.8 Å². The maximum Gasteiger partial charge on any atom is 0.263 e. The summed E-state index contributed by atoms with van der Waals surface area (Å²) in [4.78, 5) is 33.4. The summed E-state index contributed by atoms with van der Waals surface area (Å²) in [6, 6.07) is 13.8. The number of nitrogens with zero attached hydrogens (tertiary/aromatic N) is 4. The largest absolute Gasteiger partial charge is 0.344 e. The Hall–Kier alpha value is -3.74. The number of anilines is 2. The van der Waals surface area contributed by atoms with Gasteiger partial charge in [0.25, 0.3) is 10.0 Å². The lowest BCUT2D eigenvalue weighted by atomic mass is 10.1. The number of fused-ring (bicyclic) bond motifs is 1. The number of amides is 2. The van der Waals surface area contributed by atoms with Crippen LogP contribution in [-0.2, 0) is 19.6 Å². The average Bonchev–Trinajstić information content (AvgIpc) is 3.52. The molecule has 196 valence electrons. The second-order valence-corrected chi connectivity index (χ2v) is 11.3. The molecule has 37 heavy (non-hydrogen) atoms. The van der Waals surface area contributed by atoms with Crippen molar-refractivity contribution < 1.29 is 19.4 Å². The van der Waals surface area contributed by atoms with E-state index in [0.717, 1.165) is 16.5 Å². The van der Waals surface area contributed by atoms with Crippen LogP contribution >= 0.6 is 11.3 Å². The molecule has 10 nitrogen and oxygen atoms in total. The summed E-state index contributed by atoms with van der Waals surface area (Å²) in [6.07, 6.45) is 3.42. The van der Waals surface area contributed by atoms with Gasteiger partial charge in [0.15, 0.2) is 5.13 Å². The molecule has 0 spiro atoms. The maximum atomic E-state index is 13.2. The lowest BCUT2D eigenvalue weighted by Crippen LogP contribution is -2.53. The first-order valence-electron chi connectivity index (χ1n) is 11.4. The molecule has 4 N–H and O–H groups in total. The highest BCUT2D eigenvalue weighted by atomic mass is 32.2. The first-order valence-corrected chi connectivity index (χ1v) is 13.8. The number of hydrogen-bond donors (Lipinski definition) is 2. The van der Waals surface area contributed by atoms with Crippen LogP contribution in [0.3, 0.4) is 0 Å². The van der Waals surface area contributed by atoms with Gasteiger partial charge in [0.05, 0.1) is 4.90 Å². The van der Waals surface area contributed by atoms with E-state index in [9.17, 15) is 18.0 Å². The van der Waals surface area contributed by atoms with Gasteiger partial charge in [-0.3, -0.25) is 14.3 Å². The van der Waals surface area contributed by atoms with Gasteiger partial charge in [-0.2, -0.15) is 0 Å². The molecule has 0 radical (unpaired) electrons. The Morgan fingerprint density at radius 1 is 1.14 bits per heavy atom. The number of thiazole rings is 1. The number of aryl methyl sites for hydroxylation is 1. The zero-order chi connectivity index (χ0) is 25.4. The first-order chi connectivity index (χ1) is 17.2. The predicted octanol–water partition coefficient (Wildman–Crippen LogP) is 4.05. The average molecular weight is 543 g/mol. The molecule has 2 aromatic heterocycles. The van der Waals surface area contributed by atoms with E-state index in [4.69, 9.17) is 0 Å². The van der Waals surface area contributed by atoms with Gasteiger partial charge >= 0.3 is 0 Å². The second kappa shape index (κ2) is 10.3. The third-order valence-electron chi connectivity index (χ3n) is 6.30. The van der Waals surface area contributed by atoms with Crippen LogP contribution in [0.2, 0.25) is 0 Å². The zero-order valence-corrected chi connectivity index (χ0v) is 22.1. The van der Waals surface area contributed by atoms with Gasteiger partial charge in [-0.25, -0.2) is 13.4 Å². The van der Waals surface area contributed by atoms with Gasteiger partial charge in [0.2, 0.25) is 11.8 Å². The number of carbonyl (C=O) groups excluding carboxylic acids is 2. The topological polar surface area (TPSA) is 140 Å². The molecule has 1 aliphatic heterocycles. The minimum Gasteiger partial charge on any atom is -0.344 e. The van der Waals surface area contributed by atoms with Crippen molar-refractivity contribution in [1.82, 2.24) is 20.6 Å². The Morgan fingerprint density at radius 2 is 1.89 bits per heavy atom. The van der Waals surface area contributed by atoms with Crippen LogP contribution in [0, 0.1) is 6.92 Å². The van der Waals surface area contributed by atoms with Gasteiger partial charge in [-0.15, -0.1) is 11.3 Å². The number of rotatable bonds is 6. The third-order valence-corrected chi connectivity index (χ3v) is 8.47. The number of sulfonamides is 1. The smallest absolute Gasteiger partial charge is 0.263 e. The van der Waals surface area contributed by atoms with Crippen LogP contribution in [0.5, 0.6) is 0 Å². The summed E-state index contributed by atoms with van der Waals surface area (Å²) in [5, 5.41) is 3.04. The number of carbonyl (C=O) groups is 2. The van der Waals surface area contributed by atoms with E-state index in [1.54, 1.807) is 27.3 Å². The molecule has 5 rings (SSSR count). The monoisotopic (exact) mass is 542 g/mol. The third kappa shape index (κ3) is 5.22. The predicted molar refractivity (Wildman–Crippen MR) is 147 cm³/mol. The van der Waals surface area contributed by atoms with E-state index in [2.05, 4.69) is 15.8 Å². The molecule has 1 atom stereocenters. The van der Waals surface area contributed by atoms with Crippen molar-refractivity contribution in [2.24, 2.45) is 0 Å².